The molecular weight excluding hydrogens is 611 g/mol. The van der Waals surface area contributed by atoms with Gasteiger partial charge in [0.25, 0.3) is 11.1 Å². The highest BCUT2D eigenvalue weighted by Gasteiger charge is 2.29. The standard InChI is InChI=1S/C33H25N5O5S2/c1-40-21-13-27(23-15-29(43-28(23)14-21)24-16-38-32(35-24)45-33(36-38)41-2)42-17-20-9-6-10-26-22(20)11-12-37(26)31(39)25-18-44-30(34-25)19-7-4-3-5-8-19/h3-10,13-16,18H,11-12,17H2,1-2H3. The molecule has 0 atom stereocenters. The Labute approximate surface area is 265 Å². The molecule has 0 spiro atoms. The molecule has 3 aromatic carbocycles. The number of thiazole rings is 1. The van der Waals surface area contributed by atoms with Gasteiger partial charge in [-0.05, 0) is 41.0 Å². The highest BCUT2D eigenvalue weighted by atomic mass is 32.1. The van der Waals surface area contributed by atoms with Crippen molar-refractivity contribution in [2.75, 3.05) is 25.7 Å². The minimum atomic E-state index is -0.0986. The summed E-state index contributed by atoms with van der Waals surface area (Å²) in [6.07, 6.45) is 2.54. The lowest BCUT2D eigenvalue weighted by atomic mass is 10.1. The van der Waals surface area contributed by atoms with Crippen LogP contribution in [0.15, 0.2) is 82.7 Å². The largest absolute Gasteiger partial charge is 0.496 e. The number of fused-ring (bicyclic) bond motifs is 3. The van der Waals surface area contributed by atoms with Crippen LogP contribution in [0.3, 0.4) is 0 Å². The van der Waals surface area contributed by atoms with Crippen LogP contribution in [-0.2, 0) is 13.0 Å². The van der Waals surface area contributed by atoms with Crippen molar-refractivity contribution in [3.8, 4) is 38.7 Å². The zero-order chi connectivity index (χ0) is 30.5. The van der Waals surface area contributed by atoms with Gasteiger partial charge in [0.05, 0.1) is 25.8 Å². The fourth-order valence-electron chi connectivity index (χ4n) is 5.56. The highest BCUT2D eigenvalue weighted by molar-refractivity contribution is 7.18. The van der Waals surface area contributed by atoms with E-state index in [-0.39, 0.29) is 5.91 Å². The minimum absolute atomic E-state index is 0.0986. The zero-order valence-corrected chi connectivity index (χ0v) is 25.9. The maximum atomic E-state index is 13.6. The van der Waals surface area contributed by atoms with E-state index in [1.807, 2.05) is 77.0 Å². The minimum Gasteiger partial charge on any atom is -0.496 e. The molecule has 0 aliphatic carbocycles. The Morgan fingerprint density at radius 1 is 1.02 bits per heavy atom. The summed E-state index contributed by atoms with van der Waals surface area (Å²) in [5, 5.41) is 8.36. The Morgan fingerprint density at radius 2 is 1.91 bits per heavy atom. The van der Waals surface area contributed by atoms with Crippen LogP contribution in [0.2, 0.25) is 0 Å². The molecule has 0 bridgehead atoms. The predicted molar refractivity (Wildman–Crippen MR) is 173 cm³/mol. The number of hydrogen-bond donors (Lipinski definition) is 0. The number of nitrogens with zero attached hydrogens (tertiary/aromatic N) is 5. The summed E-state index contributed by atoms with van der Waals surface area (Å²) in [6, 6.07) is 21.5. The summed E-state index contributed by atoms with van der Waals surface area (Å²) >= 11 is 2.83. The zero-order valence-electron chi connectivity index (χ0n) is 24.2. The topological polar surface area (TPSA) is 104 Å². The fourth-order valence-corrected chi connectivity index (χ4v) is 7.06. The van der Waals surface area contributed by atoms with Crippen molar-refractivity contribution < 1.29 is 23.4 Å². The molecule has 4 aromatic heterocycles. The van der Waals surface area contributed by atoms with E-state index in [0.29, 0.717) is 57.5 Å². The monoisotopic (exact) mass is 635 g/mol. The summed E-state index contributed by atoms with van der Waals surface area (Å²) in [5.74, 6) is 1.73. The molecular formula is C33H25N5O5S2. The van der Waals surface area contributed by atoms with E-state index in [2.05, 4.69) is 15.1 Å². The summed E-state index contributed by atoms with van der Waals surface area (Å²) in [6.45, 7) is 0.896. The maximum absolute atomic E-state index is 13.6. The molecule has 1 aliphatic rings. The third-order valence-corrected chi connectivity index (χ3v) is 9.53. The number of anilines is 1. The molecule has 0 N–H and O–H groups in total. The lowest BCUT2D eigenvalue weighted by Crippen LogP contribution is -2.29. The number of aromatic nitrogens is 4. The van der Waals surface area contributed by atoms with Gasteiger partial charge in [-0.25, -0.2) is 14.5 Å². The van der Waals surface area contributed by atoms with E-state index in [1.165, 1.54) is 22.7 Å². The molecule has 10 nitrogen and oxygen atoms in total. The second-order valence-electron chi connectivity index (χ2n) is 10.4. The maximum Gasteiger partial charge on any atom is 0.294 e. The fraction of sp³-hybridized carbons (Fsp3) is 0.152. The molecule has 5 heterocycles. The molecule has 1 aliphatic heterocycles. The number of benzene rings is 3. The van der Waals surface area contributed by atoms with Gasteiger partial charge >= 0.3 is 0 Å². The van der Waals surface area contributed by atoms with E-state index < -0.39 is 0 Å². The third-order valence-electron chi connectivity index (χ3n) is 7.76. The Balaban J connectivity index is 1.05. The third kappa shape index (κ3) is 4.88. The average molecular weight is 636 g/mol. The van der Waals surface area contributed by atoms with Crippen LogP contribution < -0.4 is 19.1 Å². The SMILES string of the molecule is COc1cc(OCc2cccc3c2CCN3C(=O)c2csc(-c3ccccc3)n2)c2cc(-c3cn4nc(OC)sc4n3)oc2c1. The first-order chi connectivity index (χ1) is 22.1. The van der Waals surface area contributed by atoms with Crippen molar-refractivity contribution in [1.29, 1.82) is 0 Å². The van der Waals surface area contributed by atoms with Gasteiger partial charge in [-0.2, -0.15) is 0 Å². The molecule has 0 radical (unpaired) electrons. The van der Waals surface area contributed by atoms with Crippen LogP contribution in [0, 0.1) is 0 Å². The highest BCUT2D eigenvalue weighted by Crippen LogP contribution is 2.39. The van der Waals surface area contributed by atoms with E-state index in [4.69, 9.17) is 18.6 Å². The second-order valence-corrected chi connectivity index (χ2v) is 12.2. The summed E-state index contributed by atoms with van der Waals surface area (Å²) < 4.78 is 25.0. The first-order valence-electron chi connectivity index (χ1n) is 14.2. The number of amides is 1. The number of hydrogen-bond acceptors (Lipinski definition) is 10. The molecule has 224 valence electrons. The smallest absolute Gasteiger partial charge is 0.294 e. The van der Waals surface area contributed by atoms with E-state index in [0.717, 1.165) is 39.2 Å². The van der Waals surface area contributed by atoms with E-state index >= 15 is 0 Å². The summed E-state index contributed by atoms with van der Waals surface area (Å²) in [5.41, 5.74) is 5.73. The summed E-state index contributed by atoms with van der Waals surface area (Å²) in [7, 11) is 3.19. The van der Waals surface area contributed by atoms with E-state index in [1.54, 1.807) is 24.9 Å². The van der Waals surface area contributed by atoms with Gasteiger partial charge in [-0.1, -0.05) is 42.5 Å². The number of rotatable bonds is 8. The predicted octanol–water partition coefficient (Wildman–Crippen LogP) is 7.13. The summed E-state index contributed by atoms with van der Waals surface area (Å²) in [4.78, 5) is 25.4. The van der Waals surface area contributed by atoms with Gasteiger partial charge in [0.15, 0.2) is 5.76 Å². The number of ether oxygens (including phenoxy) is 3. The number of furan rings is 1. The molecule has 45 heavy (non-hydrogen) atoms. The van der Waals surface area contributed by atoms with Crippen LogP contribution in [0.5, 0.6) is 16.7 Å². The molecule has 0 unspecified atom stereocenters. The second kappa shape index (κ2) is 11.1. The van der Waals surface area contributed by atoms with Gasteiger partial charge < -0.3 is 23.5 Å². The van der Waals surface area contributed by atoms with Crippen molar-refractivity contribution in [3.63, 3.8) is 0 Å². The van der Waals surface area contributed by atoms with Crippen LogP contribution in [0.1, 0.15) is 21.6 Å². The molecule has 12 heteroatoms. The number of carbonyl (C=O) groups excluding carboxylic acids is 1. The quantitative estimate of drug-likeness (QED) is 0.174. The van der Waals surface area contributed by atoms with Gasteiger partial charge in [-0.15, -0.1) is 16.4 Å². The van der Waals surface area contributed by atoms with Gasteiger partial charge in [-0.3, -0.25) is 4.79 Å². The van der Waals surface area contributed by atoms with Crippen molar-refractivity contribution in [1.82, 2.24) is 19.6 Å². The van der Waals surface area contributed by atoms with Crippen molar-refractivity contribution in [3.05, 3.63) is 95.1 Å². The lowest BCUT2D eigenvalue weighted by Gasteiger charge is -2.17. The van der Waals surface area contributed by atoms with Crippen LogP contribution in [-0.4, -0.2) is 46.3 Å². The molecule has 0 saturated carbocycles. The van der Waals surface area contributed by atoms with Gasteiger partial charge in [0.2, 0.25) is 4.96 Å². The first-order valence-corrected chi connectivity index (χ1v) is 15.9. The Bertz CT molecular complexity index is 2170. The average Bonchev–Trinajstić information content (AvgIpc) is 3.90. The van der Waals surface area contributed by atoms with Crippen LogP contribution >= 0.6 is 22.7 Å². The number of carbonyl (C=O) groups is 1. The lowest BCUT2D eigenvalue weighted by molar-refractivity contribution is 0.0985. The Morgan fingerprint density at radius 3 is 2.73 bits per heavy atom. The molecule has 8 rings (SSSR count). The van der Waals surface area contributed by atoms with Crippen molar-refractivity contribution in [2.24, 2.45) is 0 Å². The van der Waals surface area contributed by atoms with Crippen LogP contribution in [0.4, 0.5) is 5.69 Å². The normalized spacial score (nSPS) is 12.6. The number of methoxy groups -OCH3 is 2. The Kier molecular flexibility index (Phi) is 6.72. The van der Waals surface area contributed by atoms with Crippen LogP contribution in [0.25, 0.3) is 38.0 Å². The van der Waals surface area contributed by atoms with Crippen molar-refractivity contribution >= 4 is 50.2 Å². The molecule has 0 saturated heterocycles. The van der Waals surface area contributed by atoms with Gasteiger partial charge in [0, 0.05) is 35.3 Å². The molecule has 0 fully saturated rings. The molecule has 1 amide bonds. The number of imidazole rings is 1. The Hall–Kier alpha value is -5.20. The van der Waals surface area contributed by atoms with E-state index in [9.17, 15) is 4.79 Å². The van der Waals surface area contributed by atoms with Crippen molar-refractivity contribution in [2.45, 2.75) is 13.0 Å². The first kappa shape index (κ1) is 27.4. The molecule has 7 aromatic rings. The van der Waals surface area contributed by atoms with Gasteiger partial charge in [0.1, 0.15) is 40.1 Å².